The molecule has 0 atom stereocenters. The number of hydrogen-bond donors (Lipinski definition) is 0. The fourth-order valence-electron chi connectivity index (χ4n) is 3.24. The lowest BCUT2D eigenvalue weighted by Gasteiger charge is -2.18. The van der Waals surface area contributed by atoms with Gasteiger partial charge in [0.25, 0.3) is 0 Å². The van der Waals surface area contributed by atoms with Crippen molar-refractivity contribution in [1.82, 2.24) is 0 Å². The van der Waals surface area contributed by atoms with Crippen molar-refractivity contribution >= 4 is 33.9 Å². The van der Waals surface area contributed by atoms with E-state index in [1.807, 2.05) is 72.8 Å². The number of ether oxygens (including phenoxy) is 2. The van der Waals surface area contributed by atoms with Gasteiger partial charge in [0.05, 0.1) is 0 Å². The molecule has 0 unspecified atom stereocenters. The molecule has 162 valence electrons. The molecule has 0 N–H and O–H groups in total. The molecule has 1 aliphatic heterocycles. The van der Waals surface area contributed by atoms with E-state index in [1.165, 1.54) is 5.56 Å². The predicted octanol–water partition coefficient (Wildman–Crippen LogP) is 6.67. The van der Waals surface area contributed by atoms with Gasteiger partial charge in [0, 0.05) is 10.0 Å². The molecule has 0 aliphatic carbocycles. The minimum Gasteiger partial charge on any atom is -0.489 e. The zero-order valence-electron chi connectivity index (χ0n) is 18.3. The summed E-state index contributed by atoms with van der Waals surface area (Å²) in [4.78, 5) is 16.8. The quantitative estimate of drug-likeness (QED) is 0.297. The molecular weight excluding hydrogens is 466 g/mol. The maximum Gasteiger partial charge on any atom is 0.363 e. The van der Waals surface area contributed by atoms with E-state index >= 15 is 0 Å². The third-order valence-corrected chi connectivity index (χ3v) is 5.63. The minimum absolute atomic E-state index is 0.0577. The Labute approximate surface area is 196 Å². The van der Waals surface area contributed by atoms with Crippen molar-refractivity contribution in [2.45, 2.75) is 32.8 Å². The van der Waals surface area contributed by atoms with Gasteiger partial charge in [0.2, 0.25) is 5.90 Å². The van der Waals surface area contributed by atoms with Gasteiger partial charge in [-0.25, -0.2) is 9.79 Å². The minimum atomic E-state index is -0.457. The first-order chi connectivity index (χ1) is 15.3. The number of cyclic esters (lactones) is 1. The normalized spacial score (nSPS) is 14.9. The zero-order chi connectivity index (χ0) is 22.7. The highest BCUT2D eigenvalue weighted by Gasteiger charge is 2.24. The molecule has 0 amide bonds. The molecule has 0 bridgehead atoms. The largest absolute Gasteiger partial charge is 0.489 e. The van der Waals surface area contributed by atoms with Crippen molar-refractivity contribution in [2.24, 2.45) is 4.99 Å². The summed E-state index contributed by atoms with van der Waals surface area (Å²) in [5.41, 5.74) is 4.21. The lowest BCUT2D eigenvalue weighted by atomic mass is 9.87. The average molecular weight is 490 g/mol. The number of halogens is 1. The van der Waals surface area contributed by atoms with Crippen LogP contribution in [-0.4, -0.2) is 11.9 Å². The summed E-state index contributed by atoms with van der Waals surface area (Å²) in [6.45, 7) is 6.94. The van der Waals surface area contributed by atoms with Crippen LogP contribution < -0.4 is 4.74 Å². The predicted molar refractivity (Wildman–Crippen MR) is 131 cm³/mol. The van der Waals surface area contributed by atoms with E-state index in [-0.39, 0.29) is 11.1 Å². The Morgan fingerprint density at radius 1 is 1.00 bits per heavy atom. The third kappa shape index (κ3) is 5.35. The smallest absolute Gasteiger partial charge is 0.363 e. The second-order valence-corrected chi connectivity index (χ2v) is 9.57. The molecule has 0 saturated carbocycles. The van der Waals surface area contributed by atoms with Crippen LogP contribution in [0.3, 0.4) is 0 Å². The average Bonchev–Trinajstić information content (AvgIpc) is 3.13. The summed E-state index contributed by atoms with van der Waals surface area (Å²) in [6, 6.07) is 23.5. The third-order valence-electron chi connectivity index (χ3n) is 5.10. The van der Waals surface area contributed by atoms with Gasteiger partial charge in [-0.05, 0) is 64.6 Å². The van der Waals surface area contributed by atoms with Gasteiger partial charge < -0.3 is 9.47 Å². The second kappa shape index (κ2) is 9.13. The molecule has 4 nitrogen and oxygen atoms in total. The highest BCUT2D eigenvalue weighted by Crippen LogP contribution is 2.25. The number of hydrogen-bond acceptors (Lipinski definition) is 4. The van der Waals surface area contributed by atoms with E-state index in [1.54, 1.807) is 6.08 Å². The van der Waals surface area contributed by atoms with E-state index in [2.05, 4.69) is 41.7 Å². The number of nitrogens with zero attached hydrogens (tertiary/aromatic N) is 1. The second-order valence-electron chi connectivity index (χ2n) is 8.65. The molecule has 0 aromatic heterocycles. The van der Waals surface area contributed by atoms with Crippen LogP contribution in [0, 0.1) is 0 Å². The summed E-state index contributed by atoms with van der Waals surface area (Å²) in [6.07, 6.45) is 1.71. The first-order valence-electron chi connectivity index (χ1n) is 10.4. The molecular formula is C27H24BrNO3. The summed E-state index contributed by atoms with van der Waals surface area (Å²) < 4.78 is 12.3. The van der Waals surface area contributed by atoms with Gasteiger partial charge in [0.15, 0.2) is 5.70 Å². The highest BCUT2D eigenvalue weighted by molar-refractivity contribution is 9.10. The van der Waals surface area contributed by atoms with Gasteiger partial charge in [-0.3, -0.25) is 0 Å². The highest BCUT2D eigenvalue weighted by atomic mass is 79.9. The fraction of sp³-hybridized carbons (Fsp3) is 0.185. The molecule has 5 heteroatoms. The van der Waals surface area contributed by atoms with Crippen LogP contribution in [0.15, 0.2) is 88.0 Å². The van der Waals surface area contributed by atoms with Gasteiger partial charge >= 0.3 is 5.97 Å². The van der Waals surface area contributed by atoms with Crippen LogP contribution in [0.4, 0.5) is 0 Å². The monoisotopic (exact) mass is 489 g/mol. The van der Waals surface area contributed by atoms with Crippen LogP contribution >= 0.6 is 15.9 Å². The molecule has 4 rings (SSSR count). The maximum absolute atomic E-state index is 12.4. The summed E-state index contributed by atoms with van der Waals surface area (Å²) in [5, 5.41) is 0. The van der Waals surface area contributed by atoms with E-state index in [0.717, 1.165) is 26.9 Å². The number of carbonyl (C=O) groups excluding carboxylic acids is 1. The molecule has 0 spiro atoms. The fourth-order valence-corrected chi connectivity index (χ4v) is 3.51. The van der Waals surface area contributed by atoms with Crippen molar-refractivity contribution < 1.29 is 14.3 Å². The van der Waals surface area contributed by atoms with Gasteiger partial charge in [-0.1, -0.05) is 73.1 Å². The molecule has 0 radical (unpaired) electrons. The molecule has 0 saturated heterocycles. The molecule has 0 fully saturated rings. The molecule has 3 aromatic carbocycles. The van der Waals surface area contributed by atoms with Crippen LogP contribution in [0.25, 0.3) is 6.08 Å². The number of rotatable bonds is 5. The van der Waals surface area contributed by atoms with Crippen molar-refractivity contribution in [2.75, 3.05) is 0 Å². The van der Waals surface area contributed by atoms with Crippen molar-refractivity contribution in [3.63, 3.8) is 0 Å². The van der Waals surface area contributed by atoms with Gasteiger partial charge in [-0.2, -0.15) is 0 Å². The zero-order valence-corrected chi connectivity index (χ0v) is 19.8. The Hall–Kier alpha value is -3.18. The van der Waals surface area contributed by atoms with E-state index in [0.29, 0.717) is 12.5 Å². The number of carbonyl (C=O) groups is 1. The van der Waals surface area contributed by atoms with Crippen LogP contribution in [0.1, 0.15) is 43.0 Å². The maximum atomic E-state index is 12.4. The Morgan fingerprint density at radius 3 is 2.41 bits per heavy atom. The van der Waals surface area contributed by atoms with Crippen LogP contribution in [0.5, 0.6) is 5.75 Å². The SMILES string of the molecule is CC(C)(C)c1ccc(C2=N/C(=C/c3cccc(OCc4ccc(Br)cc4)c3)C(=O)O2)cc1. The summed E-state index contributed by atoms with van der Waals surface area (Å²) >= 11 is 3.43. The molecule has 3 aromatic rings. The lowest BCUT2D eigenvalue weighted by molar-refractivity contribution is -0.129. The van der Waals surface area contributed by atoms with Crippen LogP contribution in [0.2, 0.25) is 0 Å². The van der Waals surface area contributed by atoms with Gasteiger partial charge in [-0.15, -0.1) is 0 Å². The Kier molecular flexibility index (Phi) is 6.28. The van der Waals surface area contributed by atoms with E-state index in [9.17, 15) is 4.79 Å². The number of esters is 1. The summed E-state index contributed by atoms with van der Waals surface area (Å²) in [5.74, 6) is 0.584. The first-order valence-corrected chi connectivity index (χ1v) is 11.2. The van der Waals surface area contributed by atoms with E-state index in [4.69, 9.17) is 9.47 Å². The van der Waals surface area contributed by atoms with Crippen molar-refractivity contribution in [3.8, 4) is 5.75 Å². The lowest BCUT2D eigenvalue weighted by Crippen LogP contribution is -2.11. The van der Waals surface area contributed by atoms with Crippen molar-refractivity contribution in [3.05, 3.63) is 105 Å². The number of benzene rings is 3. The molecule has 1 heterocycles. The Morgan fingerprint density at radius 2 is 1.72 bits per heavy atom. The molecule has 1 aliphatic rings. The Balaban J connectivity index is 1.49. The van der Waals surface area contributed by atoms with E-state index < -0.39 is 5.97 Å². The number of aliphatic imine (C=N–C) groups is 1. The van der Waals surface area contributed by atoms with Crippen molar-refractivity contribution in [1.29, 1.82) is 0 Å². The van der Waals surface area contributed by atoms with Gasteiger partial charge in [0.1, 0.15) is 12.4 Å². The topological polar surface area (TPSA) is 47.9 Å². The molecule has 32 heavy (non-hydrogen) atoms. The summed E-state index contributed by atoms with van der Waals surface area (Å²) in [7, 11) is 0. The standard InChI is InChI=1S/C27H24BrNO3/c1-27(2,3)21-11-9-20(10-12-21)25-29-24(26(30)32-25)16-19-5-4-6-23(15-19)31-17-18-7-13-22(28)14-8-18/h4-16H,17H2,1-3H3/b24-16+. The Bertz CT molecular complexity index is 1190. The first kappa shape index (κ1) is 22.0. The van der Waals surface area contributed by atoms with Crippen LogP contribution in [-0.2, 0) is 21.6 Å².